The van der Waals surface area contributed by atoms with Gasteiger partial charge in [-0.05, 0) is 82.5 Å². The molecule has 9 aliphatic rings. The molecule has 15 nitrogen and oxygen atoms in total. The van der Waals surface area contributed by atoms with E-state index in [1.807, 2.05) is 13.8 Å². The summed E-state index contributed by atoms with van der Waals surface area (Å²) in [5, 5.41) is 40.6. The van der Waals surface area contributed by atoms with Crippen LogP contribution in [0.5, 0.6) is 0 Å². The van der Waals surface area contributed by atoms with Crippen LogP contribution in [-0.4, -0.2) is 145 Å². The van der Waals surface area contributed by atoms with Crippen LogP contribution in [-0.2, 0) is 52.2 Å². The van der Waals surface area contributed by atoms with Crippen LogP contribution in [0.1, 0.15) is 91.9 Å². The van der Waals surface area contributed by atoms with Crippen molar-refractivity contribution in [3.05, 3.63) is 11.6 Å². The molecule has 5 heterocycles. The van der Waals surface area contributed by atoms with Gasteiger partial charge in [-0.3, -0.25) is 4.79 Å². The van der Waals surface area contributed by atoms with Gasteiger partial charge in [-0.15, -0.1) is 0 Å². The Morgan fingerprint density at radius 2 is 1.48 bits per heavy atom. The van der Waals surface area contributed by atoms with Crippen LogP contribution in [0.3, 0.4) is 0 Å². The summed E-state index contributed by atoms with van der Waals surface area (Å²) < 4.78 is 62.2. The average molecular weight is 795 g/mol. The lowest BCUT2D eigenvalue weighted by Gasteiger charge is -2.61. The van der Waals surface area contributed by atoms with Crippen LogP contribution in [0, 0.1) is 28.6 Å². The van der Waals surface area contributed by atoms with Gasteiger partial charge in [0.1, 0.15) is 42.0 Å². The van der Waals surface area contributed by atoms with E-state index in [4.69, 9.17) is 47.4 Å². The molecule has 15 heteroatoms. The van der Waals surface area contributed by atoms with Gasteiger partial charge in [-0.1, -0.05) is 18.6 Å². The van der Waals surface area contributed by atoms with E-state index in [1.54, 1.807) is 21.1 Å². The topological polar surface area (TPSA) is 190 Å². The monoisotopic (exact) mass is 794 g/mol. The molecule has 1 spiro atoms. The zero-order valence-electron chi connectivity index (χ0n) is 33.5. The molecule has 0 unspecified atom stereocenters. The highest BCUT2D eigenvalue weighted by molar-refractivity contribution is 5.84. The van der Waals surface area contributed by atoms with E-state index >= 15 is 0 Å². The third-order valence-electron chi connectivity index (χ3n) is 16.0. The Morgan fingerprint density at radius 3 is 2.16 bits per heavy atom. The second-order valence-corrected chi connectivity index (χ2v) is 18.6. The Bertz CT molecular complexity index is 1530. The first-order valence-electron chi connectivity index (χ1n) is 21.0. The van der Waals surface area contributed by atoms with E-state index < -0.39 is 91.1 Å². The number of carbonyl (C=O) groups excluding carboxylic acids is 1. The molecule has 56 heavy (non-hydrogen) atoms. The van der Waals surface area contributed by atoms with Crippen molar-refractivity contribution in [2.45, 2.75) is 189 Å². The highest BCUT2D eigenvalue weighted by Gasteiger charge is 2.86. The quantitative estimate of drug-likeness (QED) is 0.196. The minimum Gasteiger partial charge on any atom is -0.432 e. The van der Waals surface area contributed by atoms with Crippen molar-refractivity contribution in [1.29, 1.82) is 0 Å². The summed E-state index contributed by atoms with van der Waals surface area (Å²) in [5.41, 5.74) is 0.628. The average Bonchev–Trinajstić information content (AvgIpc) is 3.72. The number of carbonyl (C=O) groups is 1. The Labute approximate surface area is 328 Å². The van der Waals surface area contributed by atoms with Gasteiger partial charge in [0.15, 0.2) is 18.9 Å². The van der Waals surface area contributed by atoms with Crippen molar-refractivity contribution in [3.63, 3.8) is 0 Å². The molecular formula is C41H62O15. The summed E-state index contributed by atoms with van der Waals surface area (Å²) >= 11 is 0. The number of aliphatic hydroxyl groups is 4. The van der Waals surface area contributed by atoms with Gasteiger partial charge in [-0.2, -0.15) is 0 Å². The molecule has 0 radical (unpaired) electrons. The summed E-state index contributed by atoms with van der Waals surface area (Å²) in [7, 11) is 3.21. The van der Waals surface area contributed by atoms with E-state index in [1.165, 1.54) is 5.57 Å². The SMILES string of the molecule is CO[C@H]1C[C@H](O[C@H]2CC[C@@]3(C)C(=CC[C@@H]4[C@@H]3CC[C@@]35C(=O)O[C@]6(C)O[C@@]43CC[C@H]65)C2)O[C@H](C)[C@H]1O[C@H]1C[C@@H](OC)[C@@H](O[C@@H]2O[C@H](CO)[C@@H](O)[C@H](O)[C@H]2O)[C@H](C)O1. The number of fused-ring (bicyclic) bond motifs is 3. The number of allylic oxidation sites excluding steroid dienone is 1. The summed E-state index contributed by atoms with van der Waals surface area (Å²) in [6.45, 7) is 7.62. The summed E-state index contributed by atoms with van der Waals surface area (Å²) in [5.74, 6) is 0.170. The fourth-order valence-electron chi connectivity index (χ4n) is 13.3. The van der Waals surface area contributed by atoms with Crippen LogP contribution in [0.25, 0.3) is 0 Å². The lowest BCUT2D eigenvalue weighted by atomic mass is 9.46. The maximum atomic E-state index is 13.5. The first-order chi connectivity index (χ1) is 26.7. The van der Waals surface area contributed by atoms with Gasteiger partial charge in [-0.25, -0.2) is 0 Å². The van der Waals surface area contributed by atoms with Gasteiger partial charge >= 0.3 is 5.97 Å². The Morgan fingerprint density at radius 1 is 0.804 bits per heavy atom. The molecule has 4 aliphatic carbocycles. The number of ether oxygens (including phenoxy) is 10. The van der Waals surface area contributed by atoms with Crippen LogP contribution < -0.4 is 0 Å². The highest BCUT2D eigenvalue weighted by Crippen LogP contribution is 2.78. The minimum atomic E-state index is -1.56. The number of rotatable bonds is 9. The molecule has 4 N–H and O–H groups in total. The molecule has 8 fully saturated rings. The predicted octanol–water partition coefficient (Wildman–Crippen LogP) is 2.23. The standard InChI is InChI=1S/C41H62O15/c1-19-34(53-30-17-26(48-6)35(20(2)50-30)54-36-33(45)32(44)31(43)27(18-42)52-36)25(47-5)16-29(49-19)51-22-9-12-38(3)21(15-22)7-8-24-23(38)10-13-40-28-11-14-41(24,40)56-39(28,4)55-37(40)46/h7,19-20,22-36,42-45H,8-18H2,1-6H3/t19-,20+,22+,23+,24-,25+,26-,27-,28-,29+,30+,31-,32+,33-,34-,35+,36+,38+,39-,40-,41+/m1/s1. The second-order valence-electron chi connectivity index (χ2n) is 18.6. The zero-order chi connectivity index (χ0) is 39.5. The van der Waals surface area contributed by atoms with Crippen molar-refractivity contribution in [2.24, 2.45) is 28.6 Å². The first-order valence-corrected chi connectivity index (χ1v) is 21.0. The molecule has 4 bridgehead atoms. The molecule has 3 saturated carbocycles. The largest absolute Gasteiger partial charge is 0.432 e. The van der Waals surface area contributed by atoms with Crippen molar-refractivity contribution in [2.75, 3.05) is 20.8 Å². The number of hydrogen-bond acceptors (Lipinski definition) is 15. The van der Waals surface area contributed by atoms with E-state index in [9.17, 15) is 25.2 Å². The normalized spacial score (nSPS) is 56.2. The Hall–Kier alpha value is -1.31. The molecule has 0 aromatic rings. The predicted molar refractivity (Wildman–Crippen MR) is 192 cm³/mol. The van der Waals surface area contributed by atoms with Gasteiger partial charge in [0.05, 0.1) is 42.7 Å². The lowest BCUT2D eigenvalue weighted by molar-refractivity contribution is -0.353. The van der Waals surface area contributed by atoms with Crippen molar-refractivity contribution < 1.29 is 72.6 Å². The fourth-order valence-corrected chi connectivity index (χ4v) is 13.3. The number of aliphatic hydroxyl groups excluding tert-OH is 4. The Kier molecular flexibility index (Phi) is 10.3. The minimum absolute atomic E-state index is 0.0127. The summed E-state index contributed by atoms with van der Waals surface area (Å²) in [6.07, 6.45) is -0.321. The molecule has 21 atom stereocenters. The second kappa shape index (κ2) is 14.4. The molecular weight excluding hydrogens is 732 g/mol. The number of esters is 1. The van der Waals surface area contributed by atoms with Crippen LogP contribution in [0.15, 0.2) is 11.6 Å². The lowest BCUT2D eigenvalue weighted by Crippen LogP contribution is -2.64. The summed E-state index contributed by atoms with van der Waals surface area (Å²) in [4.78, 5) is 13.5. The zero-order valence-corrected chi connectivity index (χ0v) is 33.5. The van der Waals surface area contributed by atoms with Crippen LogP contribution in [0.4, 0.5) is 0 Å². The van der Waals surface area contributed by atoms with Gasteiger partial charge < -0.3 is 67.8 Å². The van der Waals surface area contributed by atoms with E-state index in [0.29, 0.717) is 24.7 Å². The number of hydrogen-bond donors (Lipinski definition) is 4. The van der Waals surface area contributed by atoms with Crippen molar-refractivity contribution in [1.82, 2.24) is 0 Å². The van der Waals surface area contributed by atoms with Crippen LogP contribution in [0.2, 0.25) is 0 Å². The molecule has 5 aliphatic heterocycles. The fraction of sp³-hybridized carbons (Fsp3) is 0.927. The van der Waals surface area contributed by atoms with E-state index in [-0.39, 0.29) is 35.6 Å². The van der Waals surface area contributed by atoms with Gasteiger partial charge in [0.25, 0.3) is 0 Å². The van der Waals surface area contributed by atoms with E-state index in [0.717, 1.165) is 51.4 Å². The number of methoxy groups -OCH3 is 2. The molecule has 5 saturated heterocycles. The third kappa shape index (κ3) is 5.81. The Balaban J connectivity index is 0.808. The molecule has 0 aromatic heterocycles. The maximum Gasteiger partial charge on any atom is 0.318 e. The van der Waals surface area contributed by atoms with Crippen LogP contribution >= 0.6 is 0 Å². The highest BCUT2D eigenvalue weighted by atomic mass is 16.8. The van der Waals surface area contributed by atoms with Gasteiger partial charge in [0, 0.05) is 39.9 Å². The smallest absolute Gasteiger partial charge is 0.318 e. The third-order valence-corrected chi connectivity index (χ3v) is 16.0. The molecule has 9 rings (SSSR count). The van der Waals surface area contributed by atoms with Crippen molar-refractivity contribution in [3.8, 4) is 0 Å². The maximum absolute atomic E-state index is 13.5. The molecule has 0 aromatic carbocycles. The van der Waals surface area contributed by atoms with E-state index in [2.05, 4.69) is 13.0 Å². The van der Waals surface area contributed by atoms with Gasteiger partial charge in [0.2, 0.25) is 5.79 Å². The summed E-state index contributed by atoms with van der Waals surface area (Å²) in [6, 6.07) is 0. The molecule has 0 amide bonds. The molecule has 316 valence electrons. The first kappa shape index (κ1) is 40.1. The van der Waals surface area contributed by atoms with Crippen molar-refractivity contribution >= 4 is 5.97 Å².